The maximum Gasteiger partial charge on any atom is 0.177 e. The van der Waals surface area contributed by atoms with Crippen LogP contribution in [-0.4, -0.2) is 22.4 Å². The zero-order chi connectivity index (χ0) is 21.0. The monoisotopic (exact) mass is 448 g/mol. The van der Waals surface area contributed by atoms with Crippen LogP contribution in [0.4, 0.5) is 0 Å². The third-order valence-corrected chi connectivity index (χ3v) is 6.45. The molecule has 0 saturated carbocycles. The second kappa shape index (κ2) is 9.70. The highest BCUT2D eigenvalue weighted by molar-refractivity contribution is 7.98. The van der Waals surface area contributed by atoms with Crippen LogP contribution in [0, 0.1) is 0 Å². The van der Waals surface area contributed by atoms with Gasteiger partial charge in [0, 0.05) is 12.7 Å². The molecule has 0 saturated heterocycles. The lowest BCUT2D eigenvalue weighted by molar-refractivity contribution is 0.100. The van der Waals surface area contributed by atoms with Crippen molar-refractivity contribution in [3.05, 3.63) is 75.5 Å². The number of carbonyl (C=O) groups is 1. The van der Waals surface area contributed by atoms with E-state index in [-0.39, 0.29) is 11.8 Å². The highest BCUT2D eigenvalue weighted by atomic mass is 35.5. The molecule has 0 N–H and O–H groups in total. The van der Waals surface area contributed by atoms with Gasteiger partial charge in [0.2, 0.25) is 0 Å². The number of halogens is 2. The highest BCUT2D eigenvalue weighted by Gasteiger charge is 2.22. The number of hydrogen-bond acceptors (Lipinski definition) is 4. The Kier molecular flexibility index (Phi) is 7.28. The Morgan fingerprint density at radius 3 is 2.48 bits per heavy atom. The van der Waals surface area contributed by atoms with Crippen LogP contribution in [-0.2, 0) is 5.75 Å². The second-order valence-corrected chi connectivity index (χ2v) is 8.34. The van der Waals surface area contributed by atoms with E-state index in [0.29, 0.717) is 15.7 Å². The van der Waals surface area contributed by atoms with Gasteiger partial charge in [-0.3, -0.25) is 4.79 Å². The quantitative estimate of drug-likeness (QED) is 0.284. The third-order valence-electron chi connectivity index (χ3n) is 4.68. The average molecular weight is 449 g/mol. The lowest BCUT2D eigenvalue weighted by Gasteiger charge is -2.22. The normalized spacial score (nSPS) is 12.0. The molecule has 0 fully saturated rings. The first-order valence-electron chi connectivity index (χ1n) is 9.23. The number of methoxy groups -OCH3 is 1. The number of imidazole rings is 1. The SMILES string of the molecule is CCC(c1ccc(Cl)c(Cl)c1)n1c(C(C)=O)cnc1SCc1ccc(OC)cc1. The molecule has 3 aromatic rings. The van der Waals surface area contributed by atoms with Crippen molar-refractivity contribution in [2.24, 2.45) is 0 Å². The fourth-order valence-electron chi connectivity index (χ4n) is 3.17. The van der Waals surface area contributed by atoms with Gasteiger partial charge in [-0.2, -0.15) is 0 Å². The van der Waals surface area contributed by atoms with Crippen molar-refractivity contribution < 1.29 is 9.53 Å². The van der Waals surface area contributed by atoms with Crippen molar-refractivity contribution in [2.45, 2.75) is 37.2 Å². The van der Waals surface area contributed by atoms with Crippen LogP contribution < -0.4 is 4.74 Å². The molecule has 0 spiro atoms. The van der Waals surface area contributed by atoms with Crippen LogP contribution in [0.5, 0.6) is 5.75 Å². The molecule has 1 atom stereocenters. The van der Waals surface area contributed by atoms with Crippen LogP contribution in [0.15, 0.2) is 53.8 Å². The number of carbonyl (C=O) groups excluding carboxylic acids is 1. The Hall–Kier alpha value is -1.95. The molecule has 0 aliphatic heterocycles. The van der Waals surface area contributed by atoms with Crippen LogP contribution in [0.2, 0.25) is 10.0 Å². The van der Waals surface area contributed by atoms with E-state index in [1.807, 2.05) is 41.0 Å². The van der Waals surface area contributed by atoms with E-state index in [1.165, 1.54) is 0 Å². The number of thioether (sulfide) groups is 1. The number of hydrogen-bond donors (Lipinski definition) is 0. The largest absolute Gasteiger partial charge is 0.497 e. The van der Waals surface area contributed by atoms with Crippen LogP contribution in [0.3, 0.4) is 0 Å². The molecule has 0 aliphatic carbocycles. The lowest BCUT2D eigenvalue weighted by atomic mass is 10.0. The minimum atomic E-state index is -0.0652. The van der Waals surface area contributed by atoms with Gasteiger partial charge in [-0.25, -0.2) is 4.98 Å². The van der Waals surface area contributed by atoms with Crippen molar-refractivity contribution in [3.8, 4) is 5.75 Å². The molecule has 0 aliphatic rings. The van der Waals surface area contributed by atoms with Gasteiger partial charge in [0.1, 0.15) is 11.4 Å². The van der Waals surface area contributed by atoms with E-state index in [1.54, 1.807) is 38.1 Å². The number of aromatic nitrogens is 2. The van der Waals surface area contributed by atoms with Crippen LogP contribution in [0.1, 0.15) is 47.9 Å². The molecule has 1 unspecified atom stereocenters. The standard InChI is InChI=1S/C22H22Cl2N2O2S/c1-4-20(16-7-10-18(23)19(24)11-16)26-21(14(2)27)12-25-22(26)29-13-15-5-8-17(28-3)9-6-15/h5-12,20H,4,13H2,1-3H3. The third kappa shape index (κ3) is 4.97. The van der Waals surface area contributed by atoms with Crippen molar-refractivity contribution >= 4 is 40.7 Å². The first-order valence-corrected chi connectivity index (χ1v) is 11.0. The van der Waals surface area contributed by atoms with Crippen molar-refractivity contribution in [3.63, 3.8) is 0 Å². The average Bonchev–Trinajstić information content (AvgIpc) is 3.14. The Morgan fingerprint density at radius 2 is 1.90 bits per heavy atom. The number of rotatable bonds is 8. The molecule has 152 valence electrons. The van der Waals surface area contributed by atoms with E-state index in [2.05, 4.69) is 11.9 Å². The van der Waals surface area contributed by atoms with Crippen molar-refractivity contribution in [1.29, 1.82) is 0 Å². The molecule has 4 nitrogen and oxygen atoms in total. The number of benzene rings is 2. The molecule has 3 rings (SSSR count). The second-order valence-electron chi connectivity index (χ2n) is 6.59. The molecule has 1 aromatic heterocycles. The summed E-state index contributed by atoms with van der Waals surface area (Å²) in [5, 5.41) is 1.81. The zero-order valence-electron chi connectivity index (χ0n) is 16.5. The van der Waals surface area contributed by atoms with Gasteiger partial charge in [-0.1, -0.05) is 60.1 Å². The zero-order valence-corrected chi connectivity index (χ0v) is 18.8. The molecule has 1 heterocycles. The van der Waals surface area contributed by atoms with Gasteiger partial charge in [0.05, 0.1) is 29.4 Å². The molecule has 0 radical (unpaired) electrons. The summed E-state index contributed by atoms with van der Waals surface area (Å²) in [7, 11) is 1.65. The summed E-state index contributed by atoms with van der Waals surface area (Å²) >= 11 is 13.9. The lowest BCUT2D eigenvalue weighted by Crippen LogP contribution is -2.16. The summed E-state index contributed by atoms with van der Waals surface area (Å²) in [5.74, 6) is 1.54. The number of Topliss-reactive ketones (excluding diaryl/α,β-unsaturated/α-hetero) is 1. The highest BCUT2D eigenvalue weighted by Crippen LogP contribution is 2.34. The van der Waals surface area contributed by atoms with Crippen LogP contribution >= 0.6 is 35.0 Å². The summed E-state index contributed by atoms with van der Waals surface area (Å²) in [6.45, 7) is 3.64. The summed E-state index contributed by atoms with van der Waals surface area (Å²) in [6, 6.07) is 13.5. The maximum absolute atomic E-state index is 12.3. The summed E-state index contributed by atoms with van der Waals surface area (Å²) < 4.78 is 7.22. The van der Waals surface area contributed by atoms with E-state index in [0.717, 1.165) is 34.2 Å². The summed E-state index contributed by atoms with van der Waals surface area (Å²) in [4.78, 5) is 16.8. The smallest absolute Gasteiger partial charge is 0.177 e. The molecular weight excluding hydrogens is 427 g/mol. The Morgan fingerprint density at radius 1 is 1.17 bits per heavy atom. The Bertz CT molecular complexity index is 1000. The summed E-state index contributed by atoms with van der Waals surface area (Å²) in [6.07, 6.45) is 2.43. The van der Waals surface area contributed by atoms with E-state index < -0.39 is 0 Å². The van der Waals surface area contributed by atoms with E-state index in [9.17, 15) is 4.79 Å². The minimum Gasteiger partial charge on any atom is -0.497 e. The topological polar surface area (TPSA) is 44.1 Å². The van der Waals surface area contributed by atoms with Crippen molar-refractivity contribution in [1.82, 2.24) is 9.55 Å². The number of ether oxygens (including phenoxy) is 1. The minimum absolute atomic E-state index is 0.0210. The predicted octanol–water partition coefficient (Wildman–Crippen LogP) is 6.69. The van der Waals surface area contributed by atoms with E-state index >= 15 is 0 Å². The molecule has 7 heteroatoms. The van der Waals surface area contributed by atoms with Gasteiger partial charge in [-0.15, -0.1) is 0 Å². The maximum atomic E-state index is 12.3. The number of nitrogens with zero attached hydrogens (tertiary/aromatic N) is 2. The molecule has 0 amide bonds. The predicted molar refractivity (Wildman–Crippen MR) is 120 cm³/mol. The van der Waals surface area contributed by atoms with Crippen molar-refractivity contribution in [2.75, 3.05) is 7.11 Å². The molecular formula is C22H22Cl2N2O2S. The van der Waals surface area contributed by atoms with Gasteiger partial charge >= 0.3 is 0 Å². The Labute approximate surface area is 185 Å². The van der Waals surface area contributed by atoms with Gasteiger partial charge < -0.3 is 9.30 Å². The summed E-state index contributed by atoms with van der Waals surface area (Å²) in [5.41, 5.74) is 2.73. The Balaban J connectivity index is 1.93. The molecule has 29 heavy (non-hydrogen) atoms. The van der Waals surface area contributed by atoms with Crippen LogP contribution in [0.25, 0.3) is 0 Å². The molecule has 0 bridgehead atoms. The first-order chi connectivity index (χ1) is 13.9. The van der Waals surface area contributed by atoms with Gasteiger partial charge in [0.25, 0.3) is 0 Å². The fraction of sp³-hybridized carbons (Fsp3) is 0.273. The number of ketones is 1. The van der Waals surface area contributed by atoms with E-state index in [4.69, 9.17) is 27.9 Å². The fourth-order valence-corrected chi connectivity index (χ4v) is 4.46. The first kappa shape index (κ1) is 21.8. The van der Waals surface area contributed by atoms with Gasteiger partial charge in [0.15, 0.2) is 10.9 Å². The molecule has 2 aromatic carbocycles. The van der Waals surface area contributed by atoms with Gasteiger partial charge in [-0.05, 0) is 41.8 Å².